The summed E-state index contributed by atoms with van der Waals surface area (Å²) in [4.78, 5) is 21.0. The zero-order valence-electron chi connectivity index (χ0n) is 11.2. The van der Waals surface area contributed by atoms with Crippen molar-refractivity contribution in [2.24, 2.45) is 0 Å². The van der Waals surface area contributed by atoms with Crippen molar-refractivity contribution in [1.29, 1.82) is 0 Å². The van der Waals surface area contributed by atoms with Gasteiger partial charge in [-0.2, -0.15) is 0 Å². The van der Waals surface area contributed by atoms with Gasteiger partial charge in [0.25, 0.3) is 0 Å². The minimum absolute atomic E-state index is 0.0812. The Hall–Kier alpha value is -1.85. The fourth-order valence-electron chi connectivity index (χ4n) is 2.41. The van der Waals surface area contributed by atoms with Gasteiger partial charge in [-0.05, 0) is 12.8 Å². The van der Waals surface area contributed by atoms with Gasteiger partial charge >= 0.3 is 5.97 Å². The molecular formula is C13H20N4O2. The third kappa shape index (κ3) is 3.81. The van der Waals surface area contributed by atoms with Crippen molar-refractivity contribution in [3.63, 3.8) is 0 Å². The quantitative estimate of drug-likeness (QED) is 0.815. The Labute approximate surface area is 112 Å². The number of aromatic nitrogens is 2. The molecule has 1 aliphatic carbocycles. The lowest BCUT2D eigenvalue weighted by molar-refractivity contribution is -0.136. The van der Waals surface area contributed by atoms with Crippen molar-refractivity contribution in [1.82, 2.24) is 9.97 Å². The molecule has 0 bridgehead atoms. The third-order valence-corrected chi connectivity index (χ3v) is 3.53. The fraction of sp³-hybridized carbons (Fsp3) is 0.615. The second kappa shape index (κ2) is 6.36. The Morgan fingerprint density at radius 2 is 2.21 bits per heavy atom. The summed E-state index contributed by atoms with van der Waals surface area (Å²) >= 11 is 0. The molecule has 1 aromatic heterocycles. The number of rotatable bonds is 6. The first-order valence-electron chi connectivity index (χ1n) is 6.67. The highest BCUT2D eigenvalue weighted by Crippen LogP contribution is 2.26. The second-order valence-corrected chi connectivity index (χ2v) is 4.88. The van der Waals surface area contributed by atoms with E-state index in [0.29, 0.717) is 18.4 Å². The SMILES string of the molecule is CN(c1cc(NCCC(=O)O)ncn1)C1CCCC1. The molecule has 6 nitrogen and oxygen atoms in total. The summed E-state index contributed by atoms with van der Waals surface area (Å²) in [5.74, 6) is 0.751. The van der Waals surface area contributed by atoms with E-state index in [1.807, 2.05) is 6.07 Å². The highest BCUT2D eigenvalue weighted by atomic mass is 16.4. The molecule has 0 atom stereocenters. The van der Waals surface area contributed by atoms with E-state index in [-0.39, 0.29) is 6.42 Å². The number of carboxylic acids is 1. The van der Waals surface area contributed by atoms with Crippen LogP contribution in [0, 0.1) is 0 Å². The predicted octanol–water partition coefficient (Wildman–Crippen LogP) is 1.74. The zero-order chi connectivity index (χ0) is 13.7. The normalized spacial score (nSPS) is 15.4. The molecule has 0 radical (unpaired) electrons. The molecule has 0 aliphatic heterocycles. The smallest absolute Gasteiger partial charge is 0.305 e. The van der Waals surface area contributed by atoms with Gasteiger partial charge < -0.3 is 15.3 Å². The Bertz CT molecular complexity index is 432. The molecule has 2 N–H and O–H groups in total. The Morgan fingerprint density at radius 1 is 1.47 bits per heavy atom. The number of carbonyl (C=O) groups is 1. The number of nitrogens with one attached hydrogen (secondary N) is 1. The van der Waals surface area contributed by atoms with Gasteiger partial charge in [0.2, 0.25) is 0 Å². The lowest BCUT2D eigenvalue weighted by Crippen LogP contribution is -2.29. The summed E-state index contributed by atoms with van der Waals surface area (Å²) < 4.78 is 0. The van der Waals surface area contributed by atoms with Crippen molar-refractivity contribution in [3.8, 4) is 0 Å². The van der Waals surface area contributed by atoms with Gasteiger partial charge in [0.05, 0.1) is 6.42 Å². The van der Waals surface area contributed by atoms with Crippen LogP contribution in [0.3, 0.4) is 0 Å². The van der Waals surface area contributed by atoms with Crippen LogP contribution in [0.1, 0.15) is 32.1 Å². The molecule has 1 aliphatic rings. The monoisotopic (exact) mass is 264 g/mol. The van der Waals surface area contributed by atoms with Gasteiger partial charge in [-0.15, -0.1) is 0 Å². The van der Waals surface area contributed by atoms with Crippen LogP contribution in [0.15, 0.2) is 12.4 Å². The minimum Gasteiger partial charge on any atom is -0.481 e. The molecule has 0 aromatic carbocycles. The predicted molar refractivity (Wildman–Crippen MR) is 73.4 cm³/mol. The molecule has 0 unspecified atom stereocenters. The van der Waals surface area contributed by atoms with Gasteiger partial charge in [-0.3, -0.25) is 4.79 Å². The van der Waals surface area contributed by atoms with Crippen LogP contribution in [-0.4, -0.2) is 40.7 Å². The molecule has 104 valence electrons. The van der Waals surface area contributed by atoms with Crippen LogP contribution in [-0.2, 0) is 4.79 Å². The lowest BCUT2D eigenvalue weighted by Gasteiger charge is -2.25. The molecule has 0 spiro atoms. The maximum Gasteiger partial charge on any atom is 0.305 e. The molecule has 1 aromatic rings. The van der Waals surface area contributed by atoms with E-state index in [0.717, 1.165) is 5.82 Å². The van der Waals surface area contributed by atoms with Crippen LogP contribution < -0.4 is 10.2 Å². The van der Waals surface area contributed by atoms with E-state index in [1.54, 1.807) is 0 Å². The fourth-order valence-corrected chi connectivity index (χ4v) is 2.41. The summed E-state index contributed by atoms with van der Waals surface area (Å²) in [5.41, 5.74) is 0. The van der Waals surface area contributed by atoms with Crippen molar-refractivity contribution in [2.45, 2.75) is 38.1 Å². The summed E-state index contributed by atoms with van der Waals surface area (Å²) in [6, 6.07) is 2.43. The maximum atomic E-state index is 10.5. The van der Waals surface area contributed by atoms with Crippen LogP contribution in [0.25, 0.3) is 0 Å². The largest absolute Gasteiger partial charge is 0.481 e. The van der Waals surface area contributed by atoms with Gasteiger partial charge in [-0.25, -0.2) is 9.97 Å². The number of anilines is 2. The number of nitrogens with zero attached hydrogens (tertiary/aromatic N) is 3. The van der Waals surface area contributed by atoms with Gasteiger partial charge in [0.15, 0.2) is 0 Å². The maximum absolute atomic E-state index is 10.5. The first-order valence-corrected chi connectivity index (χ1v) is 6.67. The molecule has 6 heteroatoms. The lowest BCUT2D eigenvalue weighted by atomic mass is 10.2. The number of hydrogen-bond acceptors (Lipinski definition) is 5. The van der Waals surface area contributed by atoms with E-state index >= 15 is 0 Å². The minimum atomic E-state index is -0.815. The molecule has 0 saturated heterocycles. The summed E-state index contributed by atoms with van der Waals surface area (Å²) in [5, 5.41) is 11.6. The highest BCUT2D eigenvalue weighted by molar-refractivity contribution is 5.67. The van der Waals surface area contributed by atoms with Gasteiger partial charge in [0, 0.05) is 25.7 Å². The molecular weight excluding hydrogens is 244 g/mol. The molecule has 0 amide bonds. The van der Waals surface area contributed by atoms with Gasteiger partial charge in [-0.1, -0.05) is 12.8 Å². The summed E-state index contributed by atoms with van der Waals surface area (Å²) in [6.07, 6.45) is 6.58. The summed E-state index contributed by atoms with van der Waals surface area (Å²) in [6.45, 7) is 0.374. The van der Waals surface area contributed by atoms with E-state index in [2.05, 4.69) is 27.2 Å². The van der Waals surface area contributed by atoms with E-state index < -0.39 is 5.97 Å². The Balaban J connectivity index is 1.95. The van der Waals surface area contributed by atoms with Crippen molar-refractivity contribution < 1.29 is 9.90 Å². The Morgan fingerprint density at radius 3 is 2.89 bits per heavy atom. The van der Waals surface area contributed by atoms with Crippen molar-refractivity contribution in [3.05, 3.63) is 12.4 Å². The molecule has 1 saturated carbocycles. The molecule has 2 rings (SSSR count). The van der Waals surface area contributed by atoms with E-state index in [4.69, 9.17) is 5.11 Å². The first kappa shape index (κ1) is 13.6. The number of carboxylic acid groups (broad SMARTS) is 1. The third-order valence-electron chi connectivity index (χ3n) is 3.53. The summed E-state index contributed by atoms with van der Waals surface area (Å²) in [7, 11) is 2.05. The molecule has 1 fully saturated rings. The molecule has 19 heavy (non-hydrogen) atoms. The standard InChI is InChI=1S/C13H20N4O2/c1-17(10-4-2-3-5-10)12-8-11(15-9-16-12)14-7-6-13(18)19/h8-10H,2-7H2,1H3,(H,18,19)(H,14,15,16). The van der Waals surface area contributed by atoms with Crippen LogP contribution in [0.2, 0.25) is 0 Å². The van der Waals surface area contributed by atoms with Crippen LogP contribution in [0.5, 0.6) is 0 Å². The molecule has 1 heterocycles. The average Bonchev–Trinajstić information content (AvgIpc) is 2.91. The number of hydrogen-bond donors (Lipinski definition) is 2. The van der Waals surface area contributed by atoms with E-state index in [1.165, 1.54) is 32.0 Å². The van der Waals surface area contributed by atoms with Gasteiger partial charge in [0.1, 0.15) is 18.0 Å². The Kier molecular flexibility index (Phi) is 4.54. The van der Waals surface area contributed by atoms with E-state index in [9.17, 15) is 4.79 Å². The van der Waals surface area contributed by atoms with Crippen molar-refractivity contribution >= 4 is 17.6 Å². The topological polar surface area (TPSA) is 78.4 Å². The van der Waals surface area contributed by atoms with Crippen LogP contribution >= 0.6 is 0 Å². The second-order valence-electron chi connectivity index (χ2n) is 4.88. The highest BCUT2D eigenvalue weighted by Gasteiger charge is 2.20. The number of aliphatic carboxylic acids is 1. The average molecular weight is 264 g/mol. The zero-order valence-corrected chi connectivity index (χ0v) is 11.2. The van der Waals surface area contributed by atoms with Crippen LogP contribution in [0.4, 0.5) is 11.6 Å². The van der Waals surface area contributed by atoms with Crippen molar-refractivity contribution in [2.75, 3.05) is 23.8 Å². The first-order chi connectivity index (χ1) is 9.16.